The number of H-pyrrole nitrogens is 1. The molecule has 1 aromatic rings. The zero-order valence-corrected chi connectivity index (χ0v) is 19.1. The number of nitrogens with one attached hydrogen (secondary N) is 1. The van der Waals surface area contributed by atoms with Crippen molar-refractivity contribution in [2.45, 2.75) is 19.3 Å². The lowest BCUT2D eigenvalue weighted by molar-refractivity contribution is -0.0105. The third kappa shape index (κ3) is 8.37. The van der Waals surface area contributed by atoms with Crippen molar-refractivity contribution >= 4 is 31.3 Å². The first-order valence-corrected chi connectivity index (χ1v) is 13.9. The first-order chi connectivity index (χ1) is 14.4. The molecule has 182 valence electrons. The van der Waals surface area contributed by atoms with Gasteiger partial charge in [0, 0.05) is 11.8 Å². The van der Waals surface area contributed by atoms with Crippen LogP contribution in [0.3, 0.4) is 0 Å². The van der Waals surface area contributed by atoms with Crippen LogP contribution in [0.5, 0.6) is 0 Å². The number of hydrogen-bond donors (Lipinski definition) is 6. The average Bonchev–Trinajstić information content (AvgIpc) is 3.00. The van der Waals surface area contributed by atoms with Crippen molar-refractivity contribution < 1.29 is 64.9 Å². The summed E-state index contributed by atoms with van der Waals surface area (Å²) in [4.78, 5) is 69.9. The van der Waals surface area contributed by atoms with Crippen LogP contribution in [-0.2, 0) is 40.5 Å². The molecule has 0 spiro atoms. The molecule has 5 atom stereocenters. The van der Waals surface area contributed by atoms with Gasteiger partial charge in [-0.05, 0) is 13.0 Å². The standard InChI is InChI=1S/C10H16N2O16P4/c1-6-4-12(10(14)11-9(6)13)8-3-2-7(25-8)5-24-30(18,19)27-32(22,23)28-31(20,21)26-29(15,16)17/h2-4,7-8H,5H2,1H3,(H,18,19)(H,20,21)(H,22,23)(H,11,13,14)(H2,15,16,17)/t7-,8+/m0/s1. The third-order valence-electron chi connectivity index (χ3n) is 3.25. The Morgan fingerprint density at radius 2 is 1.53 bits per heavy atom. The lowest BCUT2D eigenvalue weighted by Gasteiger charge is -2.20. The largest absolute Gasteiger partial charge is 0.490 e. The molecule has 3 unspecified atom stereocenters. The Hall–Kier alpha value is -1.06. The van der Waals surface area contributed by atoms with Gasteiger partial charge in [0.2, 0.25) is 0 Å². The van der Waals surface area contributed by atoms with Gasteiger partial charge in [-0.1, -0.05) is 6.08 Å². The SMILES string of the molecule is Cc1cn([C@H]2C=C[C@@H](COP(=O)(O)OP(=O)(O)OP(=O)(O)OP(=O)(O)O)O2)c(=O)[nH]c1=O. The van der Waals surface area contributed by atoms with Crippen LogP contribution in [0.4, 0.5) is 0 Å². The summed E-state index contributed by atoms with van der Waals surface area (Å²) in [5.41, 5.74) is -1.23. The Kier molecular flexibility index (Phi) is 8.21. The molecule has 0 aromatic carbocycles. The molecule has 2 rings (SSSR count). The predicted octanol–water partition coefficient (Wildman–Crippen LogP) is -0.241. The van der Waals surface area contributed by atoms with Crippen LogP contribution in [0.15, 0.2) is 27.9 Å². The highest BCUT2D eigenvalue weighted by molar-refractivity contribution is 7.69. The van der Waals surface area contributed by atoms with Crippen LogP contribution in [0.25, 0.3) is 0 Å². The summed E-state index contributed by atoms with van der Waals surface area (Å²) >= 11 is 0. The predicted molar refractivity (Wildman–Crippen MR) is 99.8 cm³/mol. The molecule has 1 aromatic heterocycles. The topological polar surface area (TPSA) is 270 Å². The van der Waals surface area contributed by atoms with Gasteiger partial charge in [-0.25, -0.2) is 23.1 Å². The minimum Gasteiger partial charge on any atom is -0.344 e. The molecule has 0 radical (unpaired) electrons. The van der Waals surface area contributed by atoms with E-state index in [2.05, 4.69) is 17.5 Å². The molecular formula is C10H16N2O16P4. The molecular weight excluding hydrogens is 528 g/mol. The van der Waals surface area contributed by atoms with Crippen molar-refractivity contribution in [2.75, 3.05) is 6.61 Å². The molecule has 6 N–H and O–H groups in total. The fourth-order valence-electron chi connectivity index (χ4n) is 2.13. The Balaban J connectivity index is 1.96. The first kappa shape index (κ1) is 27.2. The van der Waals surface area contributed by atoms with Gasteiger partial charge in [0.05, 0.1) is 6.61 Å². The number of ether oxygens (including phenoxy) is 1. The maximum Gasteiger partial charge on any atom is 0.490 e. The van der Waals surface area contributed by atoms with Gasteiger partial charge >= 0.3 is 37.0 Å². The van der Waals surface area contributed by atoms with Crippen LogP contribution < -0.4 is 11.2 Å². The average molecular weight is 544 g/mol. The van der Waals surface area contributed by atoms with Gasteiger partial charge in [0.25, 0.3) is 5.56 Å². The van der Waals surface area contributed by atoms with E-state index in [1.54, 1.807) is 0 Å². The summed E-state index contributed by atoms with van der Waals surface area (Å²) in [5.74, 6) is 0. The molecule has 2 heterocycles. The van der Waals surface area contributed by atoms with Gasteiger partial charge in [-0.3, -0.25) is 18.9 Å². The van der Waals surface area contributed by atoms with Crippen molar-refractivity contribution in [3.63, 3.8) is 0 Å². The molecule has 0 saturated carbocycles. The molecule has 22 heteroatoms. The molecule has 0 amide bonds. The third-order valence-corrected chi connectivity index (χ3v) is 8.70. The summed E-state index contributed by atoms with van der Waals surface area (Å²) < 4.78 is 66.4. The second-order valence-corrected chi connectivity index (χ2v) is 11.9. The van der Waals surface area contributed by atoms with Crippen molar-refractivity contribution in [2.24, 2.45) is 0 Å². The Morgan fingerprint density at radius 1 is 0.969 bits per heavy atom. The number of rotatable bonds is 10. The monoisotopic (exact) mass is 544 g/mol. The van der Waals surface area contributed by atoms with Crippen LogP contribution >= 0.6 is 31.3 Å². The Labute approximate surface area is 177 Å². The normalized spacial score (nSPS) is 24.6. The van der Waals surface area contributed by atoms with Crippen LogP contribution in [-0.4, -0.2) is 46.7 Å². The van der Waals surface area contributed by atoms with Crippen molar-refractivity contribution in [3.8, 4) is 0 Å². The van der Waals surface area contributed by atoms with Gasteiger partial charge in [-0.2, -0.15) is 12.9 Å². The van der Waals surface area contributed by atoms with E-state index >= 15 is 0 Å². The maximum absolute atomic E-state index is 11.8. The Bertz CT molecular complexity index is 1200. The summed E-state index contributed by atoms with van der Waals surface area (Å²) in [7, 11) is -22.9. The number of aryl methyl sites for hydroxylation is 1. The molecule has 0 aliphatic carbocycles. The maximum atomic E-state index is 11.8. The lowest BCUT2D eigenvalue weighted by atomic mass is 10.3. The minimum absolute atomic E-state index is 0.192. The highest BCUT2D eigenvalue weighted by Crippen LogP contribution is 2.70. The minimum atomic E-state index is -5.92. The lowest BCUT2D eigenvalue weighted by Crippen LogP contribution is -2.33. The number of aromatic amines is 1. The quantitative estimate of drug-likeness (QED) is 0.164. The van der Waals surface area contributed by atoms with Gasteiger partial charge < -0.3 is 29.2 Å². The number of nitrogens with zero attached hydrogens (tertiary/aromatic N) is 1. The van der Waals surface area contributed by atoms with E-state index in [0.717, 1.165) is 4.57 Å². The molecule has 1 aliphatic rings. The number of hydrogen-bond acceptors (Lipinski definition) is 11. The zero-order valence-electron chi connectivity index (χ0n) is 15.6. The first-order valence-electron chi connectivity index (χ1n) is 7.86. The van der Waals surface area contributed by atoms with E-state index < -0.39 is 61.5 Å². The fourth-order valence-corrected chi connectivity index (χ4v) is 6.59. The second kappa shape index (κ2) is 9.66. The summed E-state index contributed by atoms with van der Waals surface area (Å²) in [6.07, 6.45) is 1.68. The van der Waals surface area contributed by atoms with Gasteiger partial charge in [-0.15, -0.1) is 0 Å². The number of aromatic nitrogens is 2. The van der Waals surface area contributed by atoms with E-state index in [0.29, 0.717) is 0 Å². The number of phosphoric ester groups is 1. The highest BCUT2D eigenvalue weighted by Gasteiger charge is 2.45. The highest BCUT2D eigenvalue weighted by atomic mass is 31.3. The molecule has 32 heavy (non-hydrogen) atoms. The smallest absolute Gasteiger partial charge is 0.344 e. The molecule has 0 bridgehead atoms. The van der Waals surface area contributed by atoms with Crippen molar-refractivity contribution in [1.29, 1.82) is 0 Å². The van der Waals surface area contributed by atoms with Gasteiger partial charge in [0.15, 0.2) is 6.23 Å². The Morgan fingerprint density at radius 3 is 2.12 bits per heavy atom. The fraction of sp³-hybridized carbons (Fsp3) is 0.400. The molecule has 0 fully saturated rings. The van der Waals surface area contributed by atoms with E-state index in [1.165, 1.54) is 25.3 Å². The van der Waals surface area contributed by atoms with E-state index in [9.17, 15) is 37.6 Å². The second-order valence-electron chi connectivity index (χ2n) is 5.87. The van der Waals surface area contributed by atoms with E-state index in [1.807, 2.05) is 4.98 Å². The van der Waals surface area contributed by atoms with Crippen LogP contribution in [0.1, 0.15) is 11.8 Å². The molecule has 18 nitrogen and oxygen atoms in total. The number of phosphoric acid groups is 4. The summed E-state index contributed by atoms with van der Waals surface area (Å²) in [5, 5.41) is 0. The van der Waals surface area contributed by atoms with E-state index in [-0.39, 0.29) is 5.56 Å². The van der Waals surface area contributed by atoms with Crippen LogP contribution in [0, 0.1) is 6.92 Å². The van der Waals surface area contributed by atoms with Crippen molar-refractivity contribution in [3.05, 3.63) is 44.8 Å². The zero-order chi connectivity index (χ0) is 24.5. The molecule has 1 aliphatic heterocycles. The summed E-state index contributed by atoms with van der Waals surface area (Å²) in [6.45, 7) is 0.631. The molecule has 0 saturated heterocycles. The van der Waals surface area contributed by atoms with Gasteiger partial charge in [0.1, 0.15) is 6.10 Å². The van der Waals surface area contributed by atoms with Crippen LogP contribution in [0.2, 0.25) is 0 Å². The van der Waals surface area contributed by atoms with E-state index in [4.69, 9.17) is 19.4 Å². The summed E-state index contributed by atoms with van der Waals surface area (Å²) in [6, 6.07) is 0. The van der Waals surface area contributed by atoms with Crippen molar-refractivity contribution in [1.82, 2.24) is 9.55 Å².